The number of hydrogen-bond acceptors (Lipinski definition) is 5. The second kappa shape index (κ2) is 7.21. The fourth-order valence-electron chi connectivity index (χ4n) is 2.80. The number of thiophene rings is 1. The van der Waals surface area contributed by atoms with Gasteiger partial charge in [-0.3, -0.25) is 9.59 Å². The second-order valence-electron chi connectivity index (χ2n) is 5.59. The van der Waals surface area contributed by atoms with Crippen LogP contribution in [0.25, 0.3) is 0 Å². The summed E-state index contributed by atoms with van der Waals surface area (Å²) in [6, 6.07) is 1.85. The number of piperazine rings is 1. The van der Waals surface area contributed by atoms with Crippen molar-refractivity contribution in [2.24, 2.45) is 0 Å². The normalized spacial score (nSPS) is 22.6. The number of morpholine rings is 1. The number of rotatable bonds is 3. The van der Waals surface area contributed by atoms with Crippen LogP contribution in [0.3, 0.4) is 0 Å². The zero-order valence-corrected chi connectivity index (χ0v) is 13.3. The molecule has 2 saturated heterocycles. The molecule has 2 fully saturated rings. The molecule has 2 amide bonds. The summed E-state index contributed by atoms with van der Waals surface area (Å²) in [6.45, 7) is 4.68. The summed E-state index contributed by atoms with van der Waals surface area (Å²) in [6.07, 6.45) is 0.401. The Hall–Kier alpha value is -1.44. The molecule has 0 spiro atoms. The van der Waals surface area contributed by atoms with Crippen LogP contribution < -0.4 is 5.32 Å². The number of nitrogens with one attached hydrogen (secondary N) is 1. The largest absolute Gasteiger partial charge is 0.375 e. The van der Waals surface area contributed by atoms with E-state index < -0.39 is 0 Å². The predicted octanol–water partition coefficient (Wildman–Crippen LogP) is 0.411. The van der Waals surface area contributed by atoms with Gasteiger partial charge >= 0.3 is 0 Å². The lowest BCUT2D eigenvalue weighted by Gasteiger charge is -2.35. The van der Waals surface area contributed by atoms with Gasteiger partial charge in [0.1, 0.15) is 0 Å². The van der Waals surface area contributed by atoms with Gasteiger partial charge in [-0.25, -0.2) is 0 Å². The summed E-state index contributed by atoms with van der Waals surface area (Å²) in [5.74, 6) is 0.185. The molecular formula is C15H21N3O3S. The maximum Gasteiger partial charge on any atom is 0.254 e. The Morgan fingerprint density at radius 1 is 1.27 bits per heavy atom. The standard InChI is InChI=1S/C15H21N3O3S/c19-14(9-13-10-16-2-7-21-13)17-3-5-18(6-4-17)15(20)12-1-8-22-11-12/h1,8,11,13,16H,2-7,9-10H2. The average molecular weight is 323 g/mol. The SMILES string of the molecule is O=C(CC1CNCCO1)N1CCN(C(=O)c2ccsc2)CC1. The van der Waals surface area contributed by atoms with Crippen molar-refractivity contribution in [2.75, 3.05) is 45.9 Å². The number of nitrogens with zero attached hydrogens (tertiary/aromatic N) is 2. The van der Waals surface area contributed by atoms with Crippen LogP contribution in [-0.4, -0.2) is 73.6 Å². The highest BCUT2D eigenvalue weighted by atomic mass is 32.1. The Morgan fingerprint density at radius 2 is 2.05 bits per heavy atom. The molecule has 7 heteroatoms. The molecule has 0 aromatic carbocycles. The van der Waals surface area contributed by atoms with E-state index in [1.807, 2.05) is 26.6 Å². The number of hydrogen-bond donors (Lipinski definition) is 1. The minimum Gasteiger partial charge on any atom is -0.375 e. The highest BCUT2D eigenvalue weighted by Gasteiger charge is 2.27. The molecule has 1 N–H and O–H groups in total. The molecule has 0 radical (unpaired) electrons. The second-order valence-corrected chi connectivity index (χ2v) is 6.37. The fraction of sp³-hybridized carbons (Fsp3) is 0.600. The van der Waals surface area contributed by atoms with Crippen LogP contribution in [0.4, 0.5) is 0 Å². The Kier molecular flexibility index (Phi) is 5.07. The van der Waals surface area contributed by atoms with Gasteiger partial charge in [0.15, 0.2) is 0 Å². The molecule has 6 nitrogen and oxygen atoms in total. The van der Waals surface area contributed by atoms with Crippen molar-refractivity contribution >= 4 is 23.2 Å². The molecule has 0 saturated carbocycles. The summed E-state index contributed by atoms with van der Waals surface area (Å²) in [4.78, 5) is 28.2. The first kappa shape index (κ1) is 15.5. The first-order chi connectivity index (χ1) is 10.7. The lowest BCUT2D eigenvalue weighted by atomic mass is 10.2. The van der Waals surface area contributed by atoms with Crippen LogP contribution in [0.2, 0.25) is 0 Å². The van der Waals surface area contributed by atoms with Crippen molar-refractivity contribution in [3.8, 4) is 0 Å². The number of amides is 2. The topological polar surface area (TPSA) is 61.9 Å². The van der Waals surface area contributed by atoms with Gasteiger partial charge in [-0.15, -0.1) is 0 Å². The smallest absolute Gasteiger partial charge is 0.254 e. The summed E-state index contributed by atoms with van der Waals surface area (Å²) >= 11 is 1.52. The molecule has 1 unspecified atom stereocenters. The van der Waals surface area contributed by atoms with E-state index in [1.165, 1.54) is 11.3 Å². The molecule has 3 heterocycles. The monoisotopic (exact) mass is 323 g/mol. The van der Waals surface area contributed by atoms with E-state index in [9.17, 15) is 9.59 Å². The van der Waals surface area contributed by atoms with Gasteiger partial charge in [-0.2, -0.15) is 11.3 Å². The van der Waals surface area contributed by atoms with Crippen LogP contribution in [-0.2, 0) is 9.53 Å². The van der Waals surface area contributed by atoms with Crippen LogP contribution in [0.5, 0.6) is 0 Å². The van der Waals surface area contributed by atoms with Gasteiger partial charge < -0.3 is 19.9 Å². The van der Waals surface area contributed by atoms with Crippen LogP contribution in [0.1, 0.15) is 16.8 Å². The van der Waals surface area contributed by atoms with E-state index in [-0.39, 0.29) is 17.9 Å². The fourth-order valence-corrected chi connectivity index (χ4v) is 3.43. The first-order valence-electron chi connectivity index (χ1n) is 7.65. The zero-order chi connectivity index (χ0) is 15.4. The van der Waals surface area contributed by atoms with E-state index in [4.69, 9.17) is 4.74 Å². The number of ether oxygens (including phenoxy) is 1. The van der Waals surface area contributed by atoms with Crippen molar-refractivity contribution in [1.29, 1.82) is 0 Å². The minimum absolute atomic E-state index is 0.0216. The van der Waals surface area contributed by atoms with Crippen molar-refractivity contribution in [3.63, 3.8) is 0 Å². The maximum atomic E-state index is 12.3. The molecule has 0 bridgehead atoms. The van der Waals surface area contributed by atoms with Crippen molar-refractivity contribution < 1.29 is 14.3 Å². The molecule has 1 aromatic rings. The molecule has 0 aliphatic carbocycles. The Morgan fingerprint density at radius 3 is 2.68 bits per heavy atom. The van der Waals surface area contributed by atoms with E-state index in [2.05, 4.69) is 5.32 Å². The third-order valence-corrected chi connectivity index (χ3v) is 4.78. The van der Waals surface area contributed by atoms with Crippen LogP contribution >= 0.6 is 11.3 Å². The molecule has 2 aliphatic rings. The third kappa shape index (κ3) is 3.66. The zero-order valence-electron chi connectivity index (χ0n) is 12.5. The van der Waals surface area contributed by atoms with Crippen LogP contribution in [0, 0.1) is 0 Å². The molecule has 22 heavy (non-hydrogen) atoms. The van der Waals surface area contributed by atoms with Crippen molar-refractivity contribution in [2.45, 2.75) is 12.5 Å². The van der Waals surface area contributed by atoms with Gasteiger partial charge in [-0.1, -0.05) is 0 Å². The Balaban J connectivity index is 1.46. The van der Waals surface area contributed by atoms with E-state index in [0.717, 1.165) is 18.7 Å². The molecular weight excluding hydrogens is 302 g/mol. The van der Waals surface area contributed by atoms with Crippen molar-refractivity contribution in [3.05, 3.63) is 22.4 Å². The van der Waals surface area contributed by atoms with Gasteiger partial charge in [0, 0.05) is 44.6 Å². The maximum absolute atomic E-state index is 12.3. The summed E-state index contributed by atoms with van der Waals surface area (Å²) < 4.78 is 5.57. The lowest BCUT2D eigenvalue weighted by Crippen LogP contribution is -2.51. The number of carbonyl (C=O) groups is 2. The van der Waals surface area contributed by atoms with Gasteiger partial charge in [-0.05, 0) is 11.4 Å². The van der Waals surface area contributed by atoms with Crippen molar-refractivity contribution in [1.82, 2.24) is 15.1 Å². The quantitative estimate of drug-likeness (QED) is 0.875. The molecule has 120 valence electrons. The van der Waals surface area contributed by atoms with E-state index in [0.29, 0.717) is 39.2 Å². The molecule has 2 aliphatic heterocycles. The van der Waals surface area contributed by atoms with E-state index >= 15 is 0 Å². The van der Waals surface area contributed by atoms with Gasteiger partial charge in [0.2, 0.25) is 5.91 Å². The highest BCUT2D eigenvalue weighted by molar-refractivity contribution is 7.08. The first-order valence-corrected chi connectivity index (χ1v) is 8.60. The minimum atomic E-state index is -0.0216. The predicted molar refractivity (Wildman–Crippen MR) is 84.0 cm³/mol. The highest BCUT2D eigenvalue weighted by Crippen LogP contribution is 2.13. The molecule has 1 aromatic heterocycles. The molecule has 3 rings (SSSR count). The lowest BCUT2D eigenvalue weighted by molar-refractivity contribution is -0.136. The molecule has 1 atom stereocenters. The summed E-state index contributed by atoms with van der Waals surface area (Å²) in [5, 5.41) is 7.01. The summed E-state index contributed by atoms with van der Waals surface area (Å²) in [7, 11) is 0. The van der Waals surface area contributed by atoms with Gasteiger partial charge in [0.05, 0.1) is 24.7 Å². The third-order valence-electron chi connectivity index (χ3n) is 4.09. The Bertz CT molecular complexity index is 506. The average Bonchev–Trinajstić information content (AvgIpc) is 3.10. The van der Waals surface area contributed by atoms with E-state index in [1.54, 1.807) is 0 Å². The Labute approximate surface area is 134 Å². The van der Waals surface area contributed by atoms with Gasteiger partial charge in [0.25, 0.3) is 5.91 Å². The number of carbonyl (C=O) groups excluding carboxylic acids is 2. The van der Waals surface area contributed by atoms with Crippen LogP contribution in [0.15, 0.2) is 16.8 Å². The summed E-state index contributed by atoms with van der Waals surface area (Å²) in [5.41, 5.74) is 0.742.